The van der Waals surface area contributed by atoms with E-state index in [2.05, 4.69) is 4.98 Å². The summed E-state index contributed by atoms with van der Waals surface area (Å²) in [5.74, 6) is -0.941. The molecule has 2 aromatic rings. The summed E-state index contributed by atoms with van der Waals surface area (Å²) in [5, 5.41) is 18.7. The Morgan fingerprint density at radius 3 is 2.78 bits per heavy atom. The van der Waals surface area contributed by atoms with Crippen LogP contribution in [0.5, 0.6) is 5.88 Å². The number of nitrogens with zero attached hydrogens (tertiary/aromatic N) is 1. The highest BCUT2D eigenvalue weighted by molar-refractivity contribution is 5.84. The van der Waals surface area contributed by atoms with Gasteiger partial charge in [0.2, 0.25) is 11.6 Å². The lowest BCUT2D eigenvalue weighted by Crippen LogP contribution is -2.02. The minimum absolute atomic E-state index is 0.119. The van der Waals surface area contributed by atoms with Gasteiger partial charge in [0.1, 0.15) is 5.76 Å². The number of rotatable bonds is 4. The second-order valence-electron chi connectivity index (χ2n) is 3.51. The molecule has 2 heterocycles. The van der Waals surface area contributed by atoms with Crippen LogP contribution in [0.25, 0.3) is 0 Å². The number of aromatic carboxylic acids is 1. The zero-order valence-corrected chi connectivity index (χ0v) is 9.53. The standard InChI is InChI=1S/C12H11NO5/c1-17-10-4-2-3-7(13-10)11(14)8-5-6-9(18-8)12(15)16/h2-6,11,14H,1H3,(H,15,16). The Morgan fingerprint density at radius 2 is 2.17 bits per heavy atom. The highest BCUT2D eigenvalue weighted by Crippen LogP contribution is 2.23. The Bertz CT molecular complexity index is 563. The number of furan rings is 1. The van der Waals surface area contributed by atoms with E-state index in [9.17, 15) is 9.90 Å². The van der Waals surface area contributed by atoms with Gasteiger partial charge in [0.05, 0.1) is 12.8 Å². The van der Waals surface area contributed by atoms with Crippen molar-refractivity contribution >= 4 is 5.97 Å². The van der Waals surface area contributed by atoms with Crippen LogP contribution < -0.4 is 4.74 Å². The van der Waals surface area contributed by atoms with Gasteiger partial charge in [0, 0.05) is 6.07 Å². The summed E-state index contributed by atoms with van der Waals surface area (Å²) in [6.07, 6.45) is -1.13. The molecule has 0 saturated heterocycles. The molecule has 2 N–H and O–H groups in total. The van der Waals surface area contributed by atoms with E-state index in [1.165, 1.54) is 19.2 Å². The Hall–Kier alpha value is -2.34. The van der Waals surface area contributed by atoms with Crippen molar-refractivity contribution in [2.45, 2.75) is 6.10 Å². The second-order valence-corrected chi connectivity index (χ2v) is 3.51. The minimum atomic E-state index is -1.19. The zero-order chi connectivity index (χ0) is 13.1. The van der Waals surface area contributed by atoms with E-state index in [1.54, 1.807) is 18.2 Å². The largest absolute Gasteiger partial charge is 0.481 e. The first-order valence-corrected chi connectivity index (χ1v) is 5.14. The van der Waals surface area contributed by atoms with Crippen LogP contribution in [0.1, 0.15) is 28.1 Å². The molecule has 2 rings (SSSR count). The third-order valence-electron chi connectivity index (χ3n) is 2.34. The van der Waals surface area contributed by atoms with Gasteiger partial charge >= 0.3 is 5.97 Å². The van der Waals surface area contributed by atoms with E-state index >= 15 is 0 Å². The molecule has 0 aromatic carbocycles. The van der Waals surface area contributed by atoms with Gasteiger partial charge < -0.3 is 19.4 Å². The maximum atomic E-state index is 10.7. The molecule has 6 heteroatoms. The number of ether oxygens (including phenoxy) is 1. The summed E-state index contributed by atoms with van der Waals surface area (Å²) in [5.41, 5.74) is 0.320. The van der Waals surface area contributed by atoms with Crippen molar-refractivity contribution in [3.05, 3.63) is 47.5 Å². The molecule has 0 fully saturated rings. The van der Waals surface area contributed by atoms with Gasteiger partial charge in [-0.25, -0.2) is 9.78 Å². The fourth-order valence-electron chi connectivity index (χ4n) is 1.46. The van der Waals surface area contributed by atoms with E-state index in [1.807, 2.05) is 0 Å². The van der Waals surface area contributed by atoms with E-state index in [4.69, 9.17) is 14.3 Å². The maximum absolute atomic E-state index is 10.7. The topological polar surface area (TPSA) is 92.8 Å². The number of carbonyl (C=O) groups is 1. The second kappa shape index (κ2) is 4.89. The van der Waals surface area contributed by atoms with Crippen LogP contribution in [0.15, 0.2) is 34.7 Å². The first-order chi connectivity index (χ1) is 8.61. The molecule has 18 heavy (non-hydrogen) atoms. The minimum Gasteiger partial charge on any atom is -0.481 e. The van der Waals surface area contributed by atoms with E-state index < -0.39 is 12.1 Å². The molecule has 0 amide bonds. The number of hydrogen-bond acceptors (Lipinski definition) is 5. The molecule has 0 radical (unpaired) electrons. The van der Waals surface area contributed by atoms with Crippen LogP contribution in [-0.2, 0) is 0 Å². The summed E-state index contributed by atoms with van der Waals surface area (Å²) < 4.78 is 9.94. The number of carboxylic acids is 1. The SMILES string of the molecule is COc1cccc(C(O)c2ccc(C(=O)O)o2)n1. The smallest absolute Gasteiger partial charge is 0.371 e. The van der Waals surface area contributed by atoms with Crippen LogP contribution in [0.2, 0.25) is 0 Å². The number of aliphatic hydroxyl groups is 1. The fourth-order valence-corrected chi connectivity index (χ4v) is 1.46. The van der Waals surface area contributed by atoms with E-state index in [0.717, 1.165) is 0 Å². The highest BCUT2D eigenvalue weighted by atomic mass is 16.5. The van der Waals surface area contributed by atoms with Gasteiger partial charge in [0.25, 0.3) is 0 Å². The van der Waals surface area contributed by atoms with Gasteiger partial charge in [-0.3, -0.25) is 0 Å². The van der Waals surface area contributed by atoms with Crippen LogP contribution in [-0.4, -0.2) is 28.3 Å². The Labute approximate surface area is 102 Å². The molecule has 0 aliphatic rings. The van der Waals surface area contributed by atoms with Gasteiger partial charge in [-0.15, -0.1) is 0 Å². The third kappa shape index (κ3) is 2.33. The van der Waals surface area contributed by atoms with E-state index in [0.29, 0.717) is 11.6 Å². The van der Waals surface area contributed by atoms with E-state index in [-0.39, 0.29) is 11.5 Å². The summed E-state index contributed by atoms with van der Waals surface area (Å²) >= 11 is 0. The van der Waals surface area contributed by atoms with Gasteiger partial charge in [-0.05, 0) is 18.2 Å². The lowest BCUT2D eigenvalue weighted by molar-refractivity contribution is 0.0654. The quantitative estimate of drug-likeness (QED) is 0.852. The lowest BCUT2D eigenvalue weighted by atomic mass is 10.2. The molecule has 0 spiro atoms. The number of carboxylic acid groups (broad SMARTS) is 1. The van der Waals surface area contributed by atoms with Crippen LogP contribution >= 0.6 is 0 Å². The summed E-state index contributed by atoms with van der Waals surface area (Å²) in [6, 6.07) is 7.58. The molecule has 0 aliphatic heterocycles. The van der Waals surface area contributed by atoms with Crippen molar-refractivity contribution < 1.29 is 24.2 Å². The first-order valence-electron chi connectivity index (χ1n) is 5.14. The Kier molecular flexibility index (Phi) is 3.29. The molecule has 0 aliphatic carbocycles. The van der Waals surface area contributed by atoms with Crippen LogP contribution in [0.4, 0.5) is 0 Å². The molecular formula is C12H11NO5. The lowest BCUT2D eigenvalue weighted by Gasteiger charge is -2.08. The monoisotopic (exact) mass is 249 g/mol. The average Bonchev–Trinajstić information content (AvgIpc) is 2.87. The number of aliphatic hydroxyl groups excluding tert-OH is 1. The van der Waals surface area contributed by atoms with Crippen molar-refractivity contribution in [2.75, 3.05) is 7.11 Å². The summed E-state index contributed by atoms with van der Waals surface area (Å²) in [6.45, 7) is 0. The number of pyridine rings is 1. The predicted octanol–water partition coefficient (Wildman–Crippen LogP) is 1.46. The maximum Gasteiger partial charge on any atom is 0.371 e. The third-order valence-corrected chi connectivity index (χ3v) is 2.34. The molecule has 6 nitrogen and oxygen atoms in total. The molecule has 1 unspecified atom stereocenters. The molecule has 1 atom stereocenters. The van der Waals surface area contributed by atoms with Crippen molar-refractivity contribution in [1.82, 2.24) is 4.98 Å². The van der Waals surface area contributed by atoms with Crippen molar-refractivity contribution in [3.8, 4) is 5.88 Å². The van der Waals surface area contributed by atoms with Crippen molar-refractivity contribution in [3.63, 3.8) is 0 Å². The van der Waals surface area contributed by atoms with Gasteiger partial charge in [-0.1, -0.05) is 6.07 Å². The average molecular weight is 249 g/mol. The summed E-state index contributed by atoms with van der Waals surface area (Å²) in [4.78, 5) is 14.7. The number of aromatic nitrogens is 1. The summed E-state index contributed by atoms with van der Waals surface area (Å²) in [7, 11) is 1.47. The molecule has 94 valence electrons. The molecular weight excluding hydrogens is 238 g/mol. The number of hydrogen-bond donors (Lipinski definition) is 2. The normalized spacial score (nSPS) is 12.1. The predicted molar refractivity (Wildman–Crippen MR) is 60.5 cm³/mol. The molecule has 2 aromatic heterocycles. The zero-order valence-electron chi connectivity index (χ0n) is 9.53. The van der Waals surface area contributed by atoms with Gasteiger partial charge in [-0.2, -0.15) is 0 Å². The van der Waals surface area contributed by atoms with Gasteiger partial charge in [0.15, 0.2) is 6.10 Å². The van der Waals surface area contributed by atoms with Crippen LogP contribution in [0, 0.1) is 0 Å². The first kappa shape index (κ1) is 12.1. The fraction of sp³-hybridized carbons (Fsp3) is 0.167. The number of methoxy groups -OCH3 is 1. The van der Waals surface area contributed by atoms with Crippen molar-refractivity contribution in [1.29, 1.82) is 0 Å². The van der Waals surface area contributed by atoms with Crippen LogP contribution in [0.3, 0.4) is 0 Å². The van der Waals surface area contributed by atoms with Crippen molar-refractivity contribution in [2.24, 2.45) is 0 Å². The molecule has 0 saturated carbocycles. The molecule has 0 bridgehead atoms. The Morgan fingerprint density at radius 1 is 1.39 bits per heavy atom. The Balaban J connectivity index is 2.28. The highest BCUT2D eigenvalue weighted by Gasteiger charge is 2.18.